The molecule has 1 aromatic carbocycles. The van der Waals surface area contributed by atoms with E-state index in [1.165, 1.54) is 12.1 Å². The summed E-state index contributed by atoms with van der Waals surface area (Å²) in [5, 5.41) is 3.15. The van der Waals surface area contributed by atoms with Crippen LogP contribution in [0, 0.1) is 19.7 Å². The van der Waals surface area contributed by atoms with E-state index in [0.717, 1.165) is 28.9 Å². The Morgan fingerprint density at radius 3 is 2.48 bits per heavy atom. The monoisotopic (exact) mass is 288 g/mol. The van der Waals surface area contributed by atoms with Crippen LogP contribution in [0.3, 0.4) is 0 Å². The summed E-state index contributed by atoms with van der Waals surface area (Å²) in [7, 11) is 1.96. The van der Waals surface area contributed by atoms with Gasteiger partial charge in [-0.1, -0.05) is 12.1 Å². The Labute approximate surface area is 124 Å². The third kappa shape index (κ3) is 3.79. The fourth-order valence-electron chi connectivity index (χ4n) is 2.32. The third-order valence-corrected chi connectivity index (χ3v) is 3.86. The third-order valence-electron chi connectivity index (χ3n) is 3.86. The highest BCUT2D eigenvalue weighted by Gasteiger charge is 2.13. The van der Waals surface area contributed by atoms with Crippen molar-refractivity contribution < 1.29 is 9.18 Å². The smallest absolute Gasteiger partial charge is 0.178 e. The summed E-state index contributed by atoms with van der Waals surface area (Å²) in [6.45, 7) is 4.97. The predicted molar refractivity (Wildman–Crippen MR) is 82.2 cm³/mol. The molecule has 4 heteroatoms. The molecule has 2 rings (SSSR count). The minimum absolute atomic E-state index is 0.107. The van der Waals surface area contributed by atoms with Gasteiger partial charge in [-0.25, -0.2) is 4.39 Å². The lowest BCUT2D eigenvalue weighted by Gasteiger charge is -2.05. The number of ketones is 1. The molecule has 0 aliphatic rings. The highest BCUT2D eigenvalue weighted by molar-refractivity contribution is 5.99. The number of halogens is 1. The van der Waals surface area contributed by atoms with Gasteiger partial charge < -0.3 is 9.88 Å². The summed E-state index contributed by atoms with van der Waals surface area (Å²) in [6, 6.07) is 8.37. The molecule has 0 unspecified atom stereocenters. The molecule has 2 aromatic rings. The normalized spacial score (nSPS) is 10.9. The van der Waals surface area contributed by atoms with Crippen molar-refractivity contribution in [3.8, 4) is 0 Å². The average Bonchev–Trinajstić information content (AvgIpc) is 2.73. The maximum Gasteiger partial charge on any atom is 0.178 e. The van der Waals surface area contributed by atoms with Gasteiger partial charge in [-0.3, -0.25) is 4.79 Å². The predicted octanol–water partition coefficient (Wildman–Crippen LogP) is 2.80. The van der Waals surface area contributed by atoms with Crippen LogP contribution in [0.4, 0.5) is 4.39 Å². The summed E-state index contributed by atoms with van der Waals surface area (Å²) >= 11 is 0. The molecule has 21 heavy (non-hydrogen) atoms. The van der Waals surface area contributed by atoms with E-state index in [1.807, 2.05) is 31.5 Å². The van der Waals surface area contributed by atoms with Gasteiger partial charge in [-0.2, -0.15) is 0 Å². The zero-order chi connectivity index (χ0) is 15.4. The van der Waals surface area contributed by atoms with Crippen LogP contribution in [0.25, 0.3) is 0 Å². The molecule has 1 aromatic heterocycles. The first-order chi connectivity index (χ1) is 9.99. The molecule has 0 saturated carbocycles. The first-order valence-electron chi connectivity index (χ1n) is 7.10. The molecule has 0 spiro atoms. The molecule has 0 radical (unpaired) electrons. The van der Waals surface area contributed by atoms with Crippen LogP contribution in [0.2, 0.25) is 0 Å². The van der Waals surface area contributed by atoms with Gasteiger partial charge in [0.05, 0.1) is 6.54 Å². The van der Waals surface area contributed by atoms with Gasteiger partial charge in [0.1, 0.15) is 5.82 Å². The van der Waals surface area contributed by atoms with Crippen molar-refractivity contribution in [3.63, 3.8) is 0 Å². The fourth-order valence-corrected chi connectivity index (χ4v) is 2.32. The molecule has 1 heterocycles. The Bertz CT molecular complexity index is 629. The minimum atomic E-state index is -0.225. The summed E-state index contributed by atoms with van der Waals surface area (Å²) in [4.78, 5) is 12.2. The fraction of sp³-hybridized carbons (Fsp3) is 0.353. The van der Waals surface area contributed by atoms with E-state index in [0.29, 0.717) is 13.1 Å². The van der Waals surface area contributed by atoms with Gasteiger partial charge in [0, 0.05) is 24.0 Å². The number of hydrogen-bond acceptors (Lipinski definition) is 2. The van der Waals surface area contributed by atoms with Crippen molar-refractivity contribution >= 4 is 5.78 Å². The van der Waals surface area contributed by atoms with Crippen molar-refractivity contribution in [2.24, 2.45) is 7.05 Å². The molecular weight excluding hydrogens is 267 g/mol. The second-order valence-electron chi connectivity index (χ2n) is 5.32. The zero-order valence-electron chi connectivity index (χ0n) is 12.7. The van der Waals surface area contributed by atoms with Crippen molar-refractivity contribution in [1.29, 1.82) is 0 Å². The standard InChI is InChI=1S/C17H21FN2O/c1-12-10-16(13(2)20(12)3)17(21)11-19-9-8-14-4-6-15(18)7-5-14/h4-7,10,19H,8-9,11H2,1-3H3. The van der Waals surface area contributed by atoms with Gasteiger partial charge in [0.15, 0.2) is 5.78 Å². The van der Waals surface area contributed by atoms with Crippen LogP contribution in [-0.4, -0.2) is 23.4 Å². The van der Waals surface area contributed by atoms with Crippen molar-refractivity contribution in [3.05, 3.63) is 58.7 Å². The number of Topliss-reactive ketones (excluding diaryl/α,β-unsaturated/α-hetero) is 1. The maximum atomic E-state index is 12.8. The Morgan fingerprint density at radius 2 is 1.90 bits per heavy atom. The van der Waals surface area contributed by atoms with Gasteiger partial charge in [-0.15, -0.1) is 0 Å². The van der Waals surface area contributed by atoms with Gasteiger partial charge in [-0.05, 0) is 50.6 Å². The number of carbonyl (C=O) groups is 1. The van der Waals surface area contributed by atoms with Crippen molar-refractivity contribution in [1.82, 2.24) is 9.88 Å². The summed E-state index contributed by atoms with van der Waals surface area (Å²) < 4.78 is 14.8. The minimum Gasteiger partial charge on any atom is -0.351 e. The number of nitrogens with one attached hydrogen (secondary N) is 1. The quantitative estimate of drug-likeness (QED) is 0.655. The molecule has 0 fully saturated rings. The van der Waals surface area contributed by atoms with E-state index in [-0.39, 0.29) is 11.6 Å². The van der Waals surface area contributed by atoms with Crippen molar-refractivity contribution in [2.45, 2.75) is 20.3 Å². The number of benzene rings is 1. The largest absolute Gasteiger partial charge is 0.351 e. The van der Waals surface area contributed by atoms with Gasteiger partial charge in [0.25, 0.3) is 0 Å². The molecule has 0 aliphatic heterocycles. The van der Waals surface area contributed by atoms with E-state index < -0.39 is 0 Å². The molecule has 0 amide bonds. The topological polar surface area (TPSA) is 34.0 Å². The van der Waals surface area contributed by atoms with E-state index in [4.69, 9.17) is 0 Å². The molecule has 0 saturated heterocycles. The Morgan fingerprint density at radius 1 is 1.24 bits per heavy atom. The molecule has 0 aliphatic carbocycles. The Hall–Kier alpha value is -1.94. The lowest BCUT2D eigenvalue weighted by Crippen LogP contribution is -2.25. The number of carbonyl (C=O) groups excluding carboxylic acids is 1. The molecule has 0 bridgehead atoms. The average molecular weight is 288 g/mol. The first-order valence-corrected chi connectivity index (χ1v) is 7.10. The van der Waals surface area contributed by atoms with E-state index in [1.54, 1.807) is 12.1 Å². The summed E-state index contributed by atoms with van der Waals surface area (Å²) in [5.41, 5.74) is 3.92. The molecule has 1 N–H and O–H groups in total. The summed E-state index contributed by atoms with van der Waals surface area (Å²) in [5.74, 6) is -0.118. The maximum absolute atomic E-state index is 12.8. The van der Waals surface area contributed by atoms with Crippen LogP contribution in [0.15, 0.2) is 30.3 Å². The highest BCUT2D eigenvalue weighted by atomic mass is 19.1. The highest BCUT2D eigenvalue weighted by Crippen LogP contribution is 2.13. The van der Waals surface area contributed by atoms with E-state index in [2.05, 4.69) is 5.32 Å². The summed E-state index contributed by atoms with van der Waals surface area (Å²) in [6.07, 6.45) is 0.778. The lowest BCUT2D eigenvalue weighted by molar-refractivity contribution is 0.0990. The van der Waals surface area contributed by atoms with Gasteiger partial charge in [0.2, 0.25) is 0 Å². The SMILES string of the molecule is Cc1cc(C(=O)CNCCc2ccc(F)cc2)c(C)n1C. The Balaban J connectivity index is 1.82. The van der Waals surface area contributed by atoms with Gasteiger partial charge >= 0.3 is 0 Å². The van der Waals surface area contributed by atoms with Crippen LogP contribution >= 0.6 is 0 Å². The molecule has 112 valence electrons. The van der Waals surface area contributed by atoms with E-state index in [9.17, 15) is 9.18 Å². The van der Waals surface area contributed by atoms with Crippen LogP contribution < -0.4 is 5.32 Å². The number of aromatic nitrogens is 1. The second-order valence-corrected chi connectivity index (χ2v) is 5.32. The number of rotatable bonds is 6. The number of aryl methyl sites for hydroxylation is 1. The number of hydrogen-bond donors (Lipinski definition) is 1. The Kier molecular flexibility index (Phi) is 4.91. The lowest BCUT2D eigenvalue weighted by atomic mass is 10.1. The number of nitrogens with zero attached hydrogens (tertiary/aromatic N) is 1. The zero-order valence-corrected chi connectivity index (χ0v) is 12.7. The van der Waals surface area contributed by atoms with Crippen LogP contribution in [0.5, 0.6) is 0 Å². The second kappa shape index (κ2) is 6.68. The van der Waals surface area contributed by atoms with Crippen LogP contribution in [-0.2, 0) is 13.5 Å². The van der Waals surface area contributed by atoms with Crippen LogP contribution in [0.1, 0.15) is 27.3 Å². The molecule has 0 atom stereocenters. The first kappa shape index (κ1) is 15.4. The molecular formula is C17H21FN2O. The molecule has 3 nitrogen and oxygen atoms in total. The van der Waals surface area contributed by atoms with Crippen molar-refractivity contribution in [2.75, 3.05) is 13.1 Å². The van der Waals surface area contributed by atoms with E-state index >= 15 is 0 Å².